The molecule has 0 unspecified atom stereocenters. The average molecular weight is 538 g/mol. The van der Waals surface area contributed by atoms with Crippen molar-refractivity contribution in [2.24, 2.45) is 0 Å². The number of carboxylic acid groups (broad SMARTS) is 2. The van der Waals surface area contributed by atoms with E-state index in [-0.39, 0.29) is 22.2 Å². The number of nitrogens with one attached hydrogen (secondary N) is 1. The summed E-state index contributed by atoms with van der Waals surface area (Å²) in [5.41, 5.74) is 2.27. The van der Waals surface area contributed by atoms with Gasteiger partial charge in [0, 0.05) is 5.02 Å². The number of aromatic amines is 1. The predicted molar refractivity (Wildman–Crippen MR) is 139 cm³/mol. The summed E-state index contributed by atoms with van der Waals surface area (Å²) in [5, 5.41) is 26.3. The van der Waals surface area contributed by atoms with Gasteiger partial charge in [0.15, 0.2) is 5.82 Å². The molecule has 0 saturated heterocycles. The van der Waals surface area contributed by atoms with Crippen molar-refractivity contribution >= 4 is 41.4 Å². The molecule has 0 aliphatic heterocycles. The maximum absolute atomic E-state index is 11.9. The second kappa shape index (κ2) is 11.6. The number of benzene rings is 3. The Hall–Kier alpha value is -4.28. The van der Waals surface area contributed by atoms with E-state index in [9.17, 15) is 14.7 Å². The fraction of sp³-hybridized carbons (Fsp3) is 0.0769. The summed E-state index contributed by atoms with van der Waals surface area (Å²) in [7, 11) is 1.53. The summed E-state index contributed by atoms with van der Waals surface area (Å²) in [5.74, 6) is -0.587. The molecule has 0 aliphatic rings. The lowest BCUT2D eigenvalue weighted by molar-refractivity contribution is -0.131. The summed E-state index contributed by atoms with van der Waals surface area (Å²) >= 11 is 6.99. The minimum Gasteiger partial charge on any atom is -0.496 e. The Morgan fingerprint density at radius 3 is 2.43 bits per heavy atom. The van der Waals surface area contributed by atoms with Crippen molar-refractivity contribution in [2.75, 3.05) is 7.11 Å². The fourth-order valence-electron chi connectivity index (χ4n) is 3.23. The molecule has 0 aliphatic carbocycles. The van der Waals surface area contributed by atoms with Crippen molar-refractivity contribution in [3.05, 3.63) is 93.3 Å². The van der Waals surface area contributed by atoms with Crippen LogP contribution in [0.25, 0.3) is 17.5 Å². The Bertz CT molecular complexity index is 1450. The number of hydrogen-bond donors (Lipinski definition) is 3. The lowest BCUT2D eigenvalue weighted by Crippen LogP contribution is -1.99. The number of aromatic nitrogens is 3. The Morgan fingerprint density at radius 1 is 1.05 bits per heavy atom. The van der Waals surface area contributed by atoms with Crippen LogP contribution in [-0.2, 0) is 11.4 Å². The normalized spacial score (nSPS) is 11.2. The number of ether oxygens (including phenoxy) is 2. The smallest absolute Gasteiger partial charge is 0.342 e. The van der Waals surface area contributed by atoms with E-state index >= 15 is 0 Å². The van der Waals surface area contributed by atoms with Gasteiger partial charge in [0.05, 0.1) is 18.2 Å². The van der Waals surface area contributed by atoms with E-state index in [1.54, 1.807) is 54.6 Å². The zero-order valence-electron chi connectivity index (χ0n) is 19.3. The number of carboxylic acids is 2. The van der Waals surface area contributed by atoms with E-state index in [0.717, 1.165) is 17.3 Å². The summed E-state index contributed by atoms with van der Waals surface area (Å²) in [6.45, 7) is 0.260. The molecule has 0 bridgehead atoms. The zero-order chi connectivity index (χ0) is 26.4. The van der Waals surface area contributed by atoms with Gasteiger partial charge >= 0.3 is 11.9 Å². The minimum atomic E-state index is -1.12. The second-order valence-corrected chi connectivity index (χ2v) is 9.03. The molecule has 0 fully saturated rings. The first kappa shape index (κ1) is 25.8. The van der Waals surface area contributed by atoms with Crippen molar-refractivity contribution in [3.8, 4) is 22.9 Å². The largest absolute Gasteiger partial charge is 0.496 e. The van der Waals surface area contributed by atoms with Crippen LogP contribution in [0.5, 0.6) is 11.5 Å². The zero-order valence-corrected chi connectivity index (χ0v) is 20.9. The fourth-order valence-corrected chi connectivity index (χ4v) is 4.11. The van der Waals surface area contributed by atoms with E-state index in [1.165, 1.54) is 25.3 Å². The van der Waals surface area contributed by atoms with Crippen LogP contribution in [0.2, 0.25) is 5.02 Å². The van der Waals surface area contributed by atoms with Crippen molar-refractivity contribution in [2.45, 2.75) is 11.8 Å². The molecule has 1 heterocycles. The molecule has 11 heteroatoms. The molecule has 3 N–H and O–H groups in total. The van der Waals surface area contributed by atoms with Crippen molar-refractivity contribution in [1.29, 1.82) is 0 Å². The predicted octanol–water partition coefficient (Wildman–Crippen LogP) is 5.63. The second-order valence-electron chi connectivity index (χ2n) is 7.59. The lowest BCUT2D eigenvalue weighted by atomic mass is 10.1. The highest BCUT2D eigenvalue weighted by atomic mass is 35.5. The van der Waals surface area contributed by atoms with E-state index in [0.29, 0.717) is 33.5 Å². The molecule has 3 aromatic carbocycles. The molecule has 0 atom stereocenters. The first-order valence-electron chi connectivity index (χ1n) is 10.8. The van der Waals surface area contributed by atoms with Crippen LogP contribution in [0.4, 0.5) is 0 Å². The van der Waals surface area contributed by atoms with E-state index in [2.05, 4.69) is 15.2 Å². The minimum absolute atomic E-state index is 0.0239. The number of thioether (sulfide) groups is 1. The van der Waals surface area contributed by atoms with Crippen LogP contribution in [0.1, 0.15) is 21.5 Å². The molecule has 4 aromatic rings. The van der Waals surface area contributed by atoms with Gasteiger partial charge in [-0.05, 0) is 71.4 Å². The molecule has 0 radical (unpaired) electrons. The maximum Gasteiger partial charge on any atom is 0.342 e. The van der Waals surface area contributed by atoms with Gasteiger partial charge in [-0.1, -0.05) is 35.9 Å². The summed E-state index contributed by atoms with van der Waals surface area (Å²) in [4.78, 5) is 27.2. The Balaban J connectivity index is 1.44. The summed E-state index contributed by atoms with van der Waals surface area (Å²) in [6.07, 6.45) is 1.51. The molecule has 4 rings (SSSR count). The first-order chi connectivity index (χ1) is 17.8. The highest BCUT2D eigenvalue weighted by Gasteiger charge is 2.16. The van der Waals surface area contributed by atoms with Gasteiger partial charge in [-0.25, -0.2) is 14.6 Å². The molecule has 1 aromatic heterocycles. The number of rotatable bonds is 10. The first-order valence-corrected chi connectivity index (χ1v) is 12.0. The van der Waals surface area contributed by atoms with Crippen LogP contribution >= 0.6 is 23.4 Å². The van der Waals surface area contributed by atoms with Gasteiger partial charge in [-0.15, -0.1) is 5.10 Å². The van der Waals surface area contributed by atoms with Crippen molar-refractivity contribution in [3.63, 3.8) is 0 Å². The summed E-state index contributed by atoms with van der Waals surface area (Å²) < 4.78 is 11.1. The van der Waals surface area contributed by atoms with Crippen molar-refractivity contribution < 1.29 is 29.3 Å². The number of carbonyl (C=O) groups is 2. The number of H-pyrrole nitrogens is 1. The van der Waals surface area contributed by atoms with E-state index in [1.807, 2.05) is 0 Å². The molecule has 0 amide bonds. The molecular formula is C26H20ClN3O6S. The van der Waals surface area contributed by atoms with Crippen LogP contribution in [0, 0.1) is 0 Å². The number of halogens is 1. The third-order valence-corrected chi connectivity index (χ3v) is 6.19. The monoisotopic (exact) mass is 537 g/mol. The third kappa shape index (κ3) is 6.69. The molecule has 9 nitrogen and oxygen atoms in total. The van der Waals surface area contributed by atoms with Gasteiger partial charge in [0.25, 0.3) is 0 Å². The van der Waals surface area contributed by atoms with Crippen LogP contribution < -0.4 is 9.47 Å². The topological polar surface area (TPSA) is 135 Å². The number of nitrogens with zero attached hydrogens (tertiary/aromatic N) is 2. The van der Waals surface area contributed by atoms with E-state index in [4.69, 9.17) is 26.2 Å². The van der Waals surface area contributed by atoms with Crippen LogP contribution in [0.15, 0.2) is 76.8 Å². The van der Waals surface area contributed by atoms with Gasteiger partial charge in [-0.2, -0.15) is 0 Å². The number of methoxy groups -OCH3 is 1. The van der Waals surface area contributed by atoms with Gasteiger partial charge in [0.2, 0.25) is 5.16 Å². The summed E-state index contributed by atoms with van der Waals surface area (Å²) in [6, 6.07) is 18.4. The van der Waals surface area contributed by atoms with Crippen LogP contribution in [-0.4, -0.2) is 44.4 Å². The Kier molecular flexibility index (Phi) is 8.11. The van der Waals surface area contributed by atoms with Crippen LogP contribution in [0.3, 0.4) is 0 Å². The Morgan fingerprint density at radius 2 is 1.78 bits per heavy atom. The molecule has 0 saturated carbocycles. The molecule has 0 spiro atoms. The Labute approximate surface area is 220 Å². The third-order valence-electron chi connectivity index (χ3n) is 5.08. The molecule has 188 valence electrons. The van der Waals surface area contributed by atoms with E-state index < -0.39 is 11.9 Å². The molecular weight excluding hydrogens is 518 g/mol. The lowest BCUT2D eigenvalue weighted by Gasteiger charge is -2.07. The maximum atomic E-state index is 11.9. The van der Waals surface area contributed by atoms with Gasteiger partial charge in [0.1, 0.15) is 23.0 Å². The number of aromatic carboxylic acids is 1. The quantitative estimate of drug-likeness (QED) is 0.174. The van der Waals surface area contributed by atoms with Gasteiger partial charge in [-0.3, -0.25) is 5.10 Å². The number of hydrogen-bond acceptors (Lipinski definition) is 7. The van der Waals surface area contributed by atoms with Crippen molar-refractivity contribution in [1.82, 2.24) is 15.2 Å². The highest BCUT2D eigenvalue weighted by Crippen LogP contribution is 2.33. The molecule has 37 heavy (non-hydrogen) atoms. The SMILES string of the molecule is COc1ccc(Cl)cc1-c1nc(S/C(=C\c2ccc(OCc3ccc(C(=O)O)cc3)cc2)C(=O)O)n[nH]1. The highest BCUT2D eigenvalue weighted by molar-refractivity contribution is 8.04. The van der Waals surface area contributed by atoms with Gasteiger partial charge < -0.3 is 19.7 Å². The average Bonchev–Trinajstić information content (AvgIpc) is 3.36. The number of aliphatic carboxylic acids is 1. The standard InChI is InChI=1S/C26H20ClN3O6S/c1-35-21-11-8-18(27)13-20(21)23-28-26(30-29-23)37-22(25(33)34)12-15-4-9-19(10-5-15)36-14-16-2-6-17(7-3-16)24(31)32/h2-13H,14H2,1H3,(H,31,32)(H,33,34)(H,28,29,30)/b22-12-.